The van der Waals surface area contributed by atoms with Gasteiger partial charge in [-0.2, -0.15) is 0 Å². The van der Waals surface area contributed by atoms with Crippen LogP contribution in [-0.4, -0.2) is 14.9 Å². The maximum atomic E-state index is 13.1. The molecule has 2 N–H and O–H groups in total. The molecule has 6 heteroatoms. The molecule has 14 heavy (non-hydrogen) atoms. The zero-order chi connectivity index (χ0) is 10.3. The number of hydrogen-bond acceptors (Lipinski definition) is 3. The van der Waals surface area contributed by atoms with Crippen LogP contribution >= 0.6 is 0 Å². The molecule has 1 aromatic heterocycles. The van der Waals surface area contributed by atoms with E-state index in [4.69, 9.17) is 5.21 Å². The number of fused-ring (bicyclic) bond motifs is 1. The maximum absolute atomic E-state index is 13.1. The molecule has 0 aliphatic heterocycles. The van der Waals surface area contributed by atoms with Crippen LogP contribution in [0.2, 0.25) is 0 Å². The molecule has 1 heterocycles. The fourth-order valence-corrected chi connectivity index (χ4v) is 1.20. The predicted octanol–water partition coefficient (Wildman–Crippen LogP) is 0.0662. The fourth-order valence-electron chi connectivity index (χ4n) is 1.20. The molecule has 72 valence electrons. The van der Waals surface area contributed by atoms with Crippen molar-refractivity contribution < 1.29 is 9.60 Å². The van der Waals surface area contributed by atoms with E-state index < -0.39 is 17.1 Å². The third-order valence-electron chi connectivity index (χ3n) is 1.86. The lowest BCUT2D eigenvalue weighted by atomic mass is 10.2. The number of nitrogens with one attached hydrogen (secondary N) is 1. The van der Waals surface area contributed by atoms with Crippen LogP contribution < -0.4 is 11.2 Å². The van der Waals surface area contributed by atoms with Gasteiger partial charge in [-0.1, -0.05) is 10.8 Å². The monoisotopic (exact) mass is 196 g/mol. The minimum atomic E-state index is -1.06. The molecular formula is C8H5FN2O3. The van der Waals surface area contributed by atoms with E-state index in [9.17, 15) is 14.0 Å². The molecule has 0 spiro atoms. The Morgan fingerprint density at radius 2 is 2.07 bits per heavy atom. The Hall–Kier alpha value is -2.11. The molecule has 0 amide bonds. The van der Waals surface area contributed by atoms with Gasteiger partial charge in [0.1, 0.15) is 5.82 Å². The van der Waals surface area contributed by atoms with E-state index in [1.165, 1.54) is 12.1 Å². The first-order valence-corrected chi connectivity index (χ1v) is 3.74. The fraction of sp³-hybridized carbons (Fsp3) is 0. The standard InChI is InChI=1S/C8H5FN2O3/c9-5-3-1-2-4-6(5)10-8(13)11(14)7(4)12/h1-3,14H,(H,10,13). The van der Waals surface area contributed by atoms with Crippen molar-refractivity contribution in [1.82, 2.24) is 9.71 Å². The average molecular weight is 196 g/mol. The normalized spacial score (nSPS) is 10.6. The Balaban J connectivity index is 3.14. The van der Waals surface area contributed by atoms with Gasteiger partial charge in [-0.25, -0.2) is 9.18 Å². The number of aromatic nitrogens is 2. The first kappa shape index (κ1) is 8.49. The molecule has 0 aliphatic rings. The highest BCUT2D eigenvalue weighted by Crippen LogP contribution is 2.08. The smallest absolute Gasteiger partial charge is 0.362 e. The van der Waals surface area contributed by atoms with Crippen LogP contribution in [0.5, 0.6) is 0 Å². The Bertz CT molecular complexity index is 614. The summed E-state index contributed by atoms with van der Waals surface area (Å²) in [6, 6.07) is 3.74. The van der Waals surface area contributed by atoms with Gasteiger partial charge in [0.15, 0.2) is 0 Å². The second kappa shape index (κ2) is 2.69. The zero-order valence-corrected chi connectivity index (χ0v) is 6.82. The number of benzene rings is 1. The Labute approximate surface area is 76.0 Å². The van der Waals surface area contributed by atoms with Crippen molar-refractivity contribution in [2.75, 3.05) is 0 Å². The molecule has 0 saturated carbocycles. The van der Waals surface area contributed by atoms with Gasteiger partial charge >= 0.3 is 5.69 Å². The van der Waals surface area contributed by atoms with E-state index in [1.54, 1.807) is 0 Å². The van der Waals surface area contributed by atoms with Gasteiger partial charge in [-0.05, 0) is 12.1 Å². The summed E-state index contributed by atoms with van der Waals surface area (Å²) in [7, 11) is 0. The van der Waals surface area contributed by atoms with E-state index in [0.717, 1.165) is 6.07 Å². The Kier molecular flexibility index (Phi) is 1.63. The maximum Gasteiger partial charge on any atom is 0.362 e. The zero-order valence-electron chi connectivity index (χ0n) is 6.82. The summed E-state index contributed by atoms with van der Waals surface area (Å²) in [5, 5.41) is 8.86. The summed E-state index contributed by atoms with van der Waals surface area (Å²) >= 11 is 0. The molecule has 1 aromatic carbocycles. The molecule has 0 fully saturated rings. The average Bonchev–Trinajstić information content (AvgIpc) is 2.17. The van der Waals surface area contributed by atoms with Gasteiger partial charge < -0.3 is 10.2 Å². The van der Waals surface area contributed by atoms with E-state index in [1.807, 2.05) is 4.98 Å². The van der Waals surface area contributed by atoms with Crippen molar-refractivity contribution >= 4 is 10.9 Å². The topological polar surface area (TPSA) is 75.1 Å². The molecule has 0 saturated heterocycles. The molecule has 0 unspecified atom stereocenters. The highest BCUT2D eigenvalue weighted by Gasteiger charge is 2.08. The van der Waals surface area contributed by atoms with E-state index >= 15 is 0 Å². The summed E-state index contributed by atoms with van der Waals surface area (Å²) in [5.41, 5.74) is -2.20. The number of hydrogen-bond donors (Lipinski definition) is 2. The number of halogens is 1. The van der Waals surface area contributed by atoms with Gasteiger partial charge in [-0.15, -0.1) is 0 Å². The lowest BCUT2D eigenvalue weighted by Crippen LogP contribution is -2.33. The third kappa shape index (κ3) is 1.00. The van der Waals surface area contributed by atoms with Gasteiger partial charge in [0.2, 0.25) is 0 Å². The summed E-state index contributed by atoms with van der Waals surface area (Å²) in [6.07, 6.45) is 0. The van der Waals surface area contributed by atoms with Crippen LogP contribution in [0.15, 0.2) is 27.8 Å². The largest absolute Gasteiger partial charge is 0.421 e. The molecule has 5 nitrogen and oxygen atoms in total. The summed E-state index contributed by atoms with van der Waals surface area (Å²) in [5.74, 6) is -0.711. The molecule has 2 rings (SSSR count). The number of rotatable bonds is 0. The van der Waals surface area contributed by atoms with Crippen molar-refractivity contribution in [3.63, 3.8) is 0 Å². The highest BCUT2D eigenvalue weighted by molar-refractivity contribution is 5.77. The van der Waals surface area contributed by atoms with Crippen molar-refractivity contribution in [2.45, 2.75) is 0 Å². The van der Waals surface area contributed by atoms with Gasteiger partial charge in [0.05, 0.1) is 10.9 Å². The van der Waals surface area contributed by atoms with Crippen LogP contribution in [0.3, 0.4) is 0 Å². The number of para-hydroxylation sites is 1. The second-order valence-corrected chi connectivity index (χ2v) is 2.71. The number of aromatic amines is 1. The molecule has 0 bridgehead atoms. The first-order chi connectivity index (χ1) is 6.61. The molecule has 0 radical (unpaired) electrons. The van der Waals surface area contributed by atoms with Crippen molar-refractivity contribution in [2.24, 2.45) is 0 Å². The number of nitrogens with zero attached hydrogens (tertiary/aromatic N) is 1. The summed E-state index contributed by atoms with van der Waals surface area (Å²) in [4.78, 5) is 24.2. The lowest BCUT2D eigenvalue weighted by Gasteiger charge is -1.99. The van der Waals surface area contributed by atoms with Gasteiger partial charge in [0.25, 0.3) is 5.56 Å². The van der Waals surface area contributed by atoms with Crippen LogP contribution in [0.25, 0.3) is 10.9 Å². The SMILES string of the molecule is O=c1[nH]c2c(F)cccc2c(=O)n1O. The summed E-state index contributed by atoms with van der Waals surface area (Å²) < 4.78 is 13.0. The van der Waals surface area contributed by atoms with Crippen molar-refractivity contribution in [3.05, 3.63) is 44.9 Å². The molecule has 0 aliphatic carbocycles. The lowest BCUT2D eigenvalue weighted by molar-refractivity contribution is 0.162. The second-order valence-electron chi connectivity index (χ2n) is 2.71. The van der Waals surface area contributed by atoms with Crippen LogP contribution in [0.4, 0.5) is 4.39 Å². The van der Waals surface area contributed by atoms with Gasteiger partial charge in [0, 0.05) is 0 Å². The molecular weight excluding hydrogens is 191 g/mol. The van der Waals surface area contributed by atoms with Gasteiger partial charge in [-0.3, -0.25) is 4.79 Å². The third-order valence-corrected chi connectivity index (χ3v) is 1.86. The minimum Gasteiger partial charge on any atom is -0.421 e. The van der Waals surface area contributed by atoms with Crippen LogP contribution in [0, 0.1) is 5.82 Å². The van der Waals surface area contributed by atoms with E-state index in [0.29, 0.717) is 0 Å². The van der Waals surface area contributed by atoms with Crippen molar-refractivity contribution in [1.29, 1.82) is 0 Å². The van der Waals surface area contributed by atoms with Crippen LogP contribution in [0.1, 0.15) is 0 Å². The van der Waals surface area contributed by atoms with Crippen molar-refractivity contribution in [3.8, 4) is 0 Å². The highest BCUT2D eigenvalue weighted by atomic mass is 19.1. The minimum absolute atomic E-state index is 0.0768. The molecule has 2 aromatic rings. The summed E-state index contributed by atoms with van der Waals surface area (Å²) in [6.45, 7) is 0. The number of H-pyrrole nitrogens is 1. The Morgan fingerprint density at radius 1 is 1.36 bits per heavy atom. The van der Waals surface area contributed by atoms with E-state index in [2.05, 4.69) is 0 Å². The first-order valence-electron chi connectivity index (χ1n) is 3.74. The quantitative estimate of drug-likeness (QED) is 0.585. The predicted molar refractivity (Wildman–Crippen MR) is 46.0 cm³/mol. The van der Waals surface area contributed by atoms with Crippen LogP contribution in [-0.2, 0) is 0 Å². The Morgan fingerprint density at radius 3 is 2.79 bits per heavy atom. The molecule has 0 atom stereocenters. The van der Waals surface area contributed by atoms with E-state index in [-0.39, 0.29) is 15.6 Å².